The Balaban J connectivity index is 2.17. The zero-order valence-electron chi connectivity index (χ0n) is 7.82. The molecular formula is C9H5ClN4OS. The largest absolute Gasteiger partial charge is 0.337 e. The molecule has 0 spiro atoms. The van der Waals surface area contributed by atoms with Crippen LogP contribution in [0.25, 0.3) is 0 Å². The van der Waals surface area contributed by atoms with Crippen molar-refractivity contribution in [3.05, 3.63) is 27.8 Å². The zero-order chi connectivity index (χ0) is 11.1. The van der Waals surface area contributed by atoms with Crippen molar-refractivity contribution in [2.24, 2.45) is 0 Å². The number of nitrogens with zero attached hydrogens (tertiary/aromatic N) is 2. The maximum absolute atomic E-state index is 11.8. The molecule has 0 saturated carbocycles. The van der Waals surface area contributed by atoms with Crippen molar-refractivity contribution < 1.29 is 4.79 Å². The zero-order valence-corrected chi connectivity index (χ0v) is 9.39. The predicted molar refractivity (Wildman–Crippen MR) is 62.6 cm³/mol. The van der Waals surface area contributed by atoms with E-state index in [1.807, 2.05) is 11.4 Å². The van der Waals surface area contributed by atoms with Gasteiger partial charge in [0.25, 0.3) is 5.91 Å². The average molecular weight is 253 g/mol. The highest BCUT2D eigenvalue weighted by Gasteiger charge is 2.21. The van der Waals surface area contributed by atoms with Crippen molar-refractivity contribution in [3.63, 3.8) is 0 Å². The third-order valence-corrected chi connectivity index (χ3v) is 3.23. The lowest BCUT2D eigenvalue weighted by Crippen LogP contribution is -2.09. The first kappa shape index (κ1) is 9.56. The summed E-state index contributed by atoms with van der Waals surface area (Å²) in [6, 6.07) is 1.82. The number of carbonyl (C=O) groups is 1. The van der Waals surface area contributed by atoms with E-state index in [1.165, 1.54) is 17.5 Å². The number of aromatic nitrogens is 2. The van der Waals surface area contributed by atoms with Gasteiger partial charge in [0, 0.05) is 0 Å². The second-order valence-corrected chi connectivity index (χ2v) is 4.40. The van der Waals surface area contributed by atoms with Gasteiger partial charge >= 0.3 is 0 Å². The van der Waals surface area contributed by atoms with Crippen LogP contribution in [0.5, 0.6) is 0 Å². The average Bonchev–Trinajstić information content (AvgIpc) is 2.65. The normalized spacial score (nSPS) is 13.2. The lowest BCUT2D eigenvalue weighted by molar-refractivity contribution is 0.103. The lowest BCUT2D eigenvalue weighted by atomic mass is 10.4. The molecule has 80 valence electrons. The van der Waals surface area contributed by atoms with Crippen LogP contribution in [0.2, 0.25) is 5.28 Å². The summed E-state index contributed by atoms with van der Waals surface area (Å²) in [5.41, 5.74) is 1.26. The third kappa shape index (κ3) is 1.43. The lowest BCUT2D eigenvalue weighted by Gasteiger charge is -2.05. The molecule has 5 nitrogen and oxygen atoms in total. The molecule has 0 atom stereocenters. The first-order valence-corrected chi connectivity index (χ1v) is 5.68. The Labute approximate surface area is 99.5 Å². The van der Waals surface area contributed by atoms with E-state index in [0.717, 1.165) is 5.69 Å². The monoisotopic (exact) mass is 252 g/mol. The number of hydrogen-bond donors (Lipinski definition) is 2. The summed E-state index contributed by atoms with van der Waals surface area (Å²) in [5.74, 6) is 0.340. The van der Waals surface area contributed by atoms with Crippen LogP contribution in [0.4, 0.5) is 17.2 Å². The van der Waals surface area contributed by atoms with Gasteiger partial charge in [0.15, 0.2) is 5.82 Å². The molecule has 0 aromatic carbocycles. The molecule has 0 unspecified atom stereocenters. The first-order chi connectivity index (χ1) is 7.74. The number of carbonyl (C=O) groups excluding carboxylic acids is 1. The van der Waals surface area contributed by atoms with E-state index in [2.05, 4.69) is 20.6 Å². The van der Waals surface area contributed by atoms with Crippen LogP contribution >= 0.6 is 22.9 Å². The fourth-order valence-electron chi connectivity index (χ4n) is 1.44. The molecule has 0 bridgehead atoms. The number of halogens is 1. The summed E-state index contributed by atoms with van der Waals surface area (Å²) in [4.78, 5) is 20.2. The Bertz CT molecular complexity index is 583. The van der Waals surface area contributed by atoms with E-state index in [1.54, 1.807) is 0 Å². The highest BCUT2D eigenvalue weighted by molar-refractivity contribution is 7.12. The van der Waals surface area contributed by atoms with Crippen molar-refractivity contribution in [2.45, 2.75) is 0 Å². The van der Waals surface area contributed by atoms with Crippen LogP contribution in [-0.2, 0) is 0 Å². The summed E-state index contributed by atoms with van der Waals surface area (Å²) in [7, 11) is 0. The summed E-state index contributed by atoms with van der Waals surface area (Å²) >= 11 is 7.06. The Morgan fingerprint density at radius 3 is 3.06 bits per heavy atom. The van der Waals surface area contributed by atoms with E-state index < -0.39 is 0 Å². The van der Waals surface area contributed by atoms with Gasteiger partial charge in [-0.2, -0.15) is 4.98 Å². The fraction of sp³-hybridized carbons (Fsp3) is 0. The first-order valence-electron chi connectivity index (χ1n) is 4.42. The minimum Gasteiger partial charge on any atom is -0.337 e. The summed E-state index contributed by atoms with van der Waals surface area (Å²) in [6.07, 6.45) is 1.48. The van der Waals surface area contributed by atoms with Crippen molar-refractivity contribution in [2.75, 3.05) is 10.6 Å². The summed E-state index contributed by atoms with van der Waals surface area (Å²) < 4.78 is 0. The molecule has 2 N–H and O–H groups in total. The summed E-state index contributed by atoms with van der Waals surface area (Å²) in [6.45, 7) is 0. The number of thiophene rings is 1. The van der Waals surface area contributed by atoms with Crippen molar-refractivity contribution in [1.29, 1.82) is 0 Å². The molecule has 16 heavy (non-hydrogen) atoms. The molecular weight excluding hydrogens is 248 g/mol. The molecule has 0 radical (unpaired) electrons. The molecule has 0 saturated heterocycles. The molecule has 1 amide bonds. The molecule has 0 fully saturated rings. The Morgan fingerprint density at radius 2 is 2.19 bits per heavy atom. The van der Waals surface area contributed by atoms with E-state index in [0.29, 0.717) is 16.4 Å². The maximum atomic E-state index is 11.8. The second-order valence-electron chi connectivity index (χ2n) is 3.14. The van der Waals surface area contributed by atoms with Gasteiger partial charge in [0.1, 0.15) is 10.6 Å². The molecule has 2 aromatic rings. The number of hydrogen-bond acceptors (Lipinski definition) is 5. The van der Waals surface area contributed by atoms with Gasteiger partial charge < -0.3 is 10.6 Å². The third-order valence-electron chi connectivity index (χ3n) is 2.13. The standard InChI is InChI=1S/C9H5ClN4OS/c10-9-11-3-5-7(14-9)12-4-1-2-16-6(4)8(15)13-5/h1-3H,(H,13,15)(H,11,12,14). The van der Waals surface area contributed by atoms with Crippen LogP contribution in [0, 0.1) is 0 Å². The Morgan fingerprint density at radius 1 is 1.31 bits per heavy atom. The van der Waals surface area contributed by atoms with E-state index in [4.69, 9.17) is 11.6 Å². The number of nitrogens with one attached hydrogen (secondary N) is 2. The van der Waals surface area contributed by atoms with Crippen molar-refractivity contribution in [1.82, 2.24) is 9.97 Å². The van der Waals surface area contributed by atoms with Gasteiger partial charge in [-0.1, -0.05) is 0 Å². The topological polar surface area (TPSA) is 66.9 Å². The smallest absolute Gasteiger partial charge is 0.268 e. The molecule has 2 aromatic heterocycles. The van der Waals surface area contributed by atoms with Crippen LogP contribution in [-0.4, -0.2) is 15.9 Å². The van der Waals surface area contributed by atoms with Crippen molar-refractivity contribution >= 4 is 46.0 Å². The minimum atomic E-state index is -0.165. The van der Waals surface area contributed by atoms with Gasteiger partial charge in [0.05, 0.1) is 11.9 Å². The second kappa shape index (κ2) is 3.43. The van der Waals surface area contributed by atoms with Gasteiger partial charge in [-0.3, -0.25) is 4.79 Å². The molecule has 3 rings (SSSR count). The number of rotatable bonds is 0. The number of fused-ring (bicyclic) bond motifs is 2. The SMILES string of the molecule is O=C1Nc2cnc(Cl)nc2Nc2ccsc21. The Kier molecular flexibility index (Phi) is 2.05. The van der Waals surface area contributed by atoms with Crippen LogP contribution in [0.15, 0.2) is 17.6 Å². The maximum Gasteiger partial charge on any atom is 0.268 e. The minimum absolute atomic E-state index is 0.138. The van der Waals surface area contributed by atoms with Crippen molar-refractivity contribution in [3.8, 4) is 0 Å². The van der Waals surface area contributed by atoms with Crippen LogP contribution in [0.1, 0.15) is 9.67 Å². The van der Waals surface area contributed by atoms with Gasteiger partial charge in [-0.25, -0.2) is 4.98 Å². The van der Waals surface area contributed by atoms with E-state index >= 15 is 0 Å². The highest BCUT2D eigenvalue weighted by atomic mass is 35.5. The quantitative estimate of drug-likeness (QED) is 0.707. The van der Waals surface area contributed by atoms with Gasteiger partial charge in [0.2, 0.25) is 5.28 Å². The number of amides is 1. The fourth-order valence-corrected chi connectivity index (χ4v) is 2.31. The van der Waals surface area contributed by atoms with E-state index in [9.17, 15) is 4.79 Å². The van der Waals surface area contributed by atoms with Crippen LogP contribution in [0.3, 0.4) is 0 Å². The van der Waals surface area contributed by atoms with Gasteiger partial charge in [-0.05, 0) is 23.0 Å². The molecule has 3 heterocycles. The number of anilines is 3. The summed E-state index contributed by atoms with van der Waals surface area (Å²) in [5, 5.41) is 7.74. The predicted octanol–water partition coefficient (Wildman–Crippen LogP) is 2.50. The molecule has 1 aliphatic heterocycles. The molecule has 1 aliphatic rings. The molecule has 0 aliphatic carbocycles. The van der Waals surface area contributed by atoms with Gasteiger partial charge in [-0.15, -0.1) is 11.3 Å². The highest BCUT2D eigenvalue weighted by Crippen LogP contribution is 2.33. The van der Waals surface area contributed by atoms with Crippen LogP contribution < -0.4 is 10.6 Å². The van der Waals surface area contributed by atoms with E-state index in [-0.39, 0.29) is 11.2 Å². The molecule has 7 heteroatoms. The Hall–Kier alpha value is -1.66.